The van der Waals surface area contributed by atoms with Crippen molar-refractivity contribution in [2.24, 2.45) is 10.9 Å². The highest BCUT2D eigenvalue weighted by molar-refractivity contribution is 7.11. The molecule has 0 bridgehead atoms. The Morgan fingerprint density at radius 3 is 2.64 bits per heavy atom. The fraction of sp³-hybridized carbons (Fsp3) is 0.346. The molecule has 13 heteroatoms. The van der Waals surface area contributed by atoms with E-state index in [1.807, 2.05) is 0 Å². The number of esters is 1. The number of carbonyl (C=O) groups excluding carboxylic acids is 1. The molecule has 0 spiro atoms. The van der Waals surface area contributed by atoms with Gasteiger partial charge in [0.25, 0.3) is 0 Å². The van der Waals surface area contributed by atoms with Crippen LogP contribution in [-0.2, 0) is 9.53 Å². The Labute approximate surface area is 231 Å². The number of nitrogens with one attached hydrogen (secondary N) is 1. The summed E-state index contributed by atoms with van der Waals surface area (Å²) in [4.78, 5) is 34.0. The van der Waals surface area contributed by atoms with Crippen LogP contribution in [0, 0.1) is 17.6 Å². The summed E-state index contributed by atoms with van der Waals surface area (Å²) in [6, 6.07) is 2.55. The van der Waals surface area contributed by atoms with E-state index in [2.05, 4.69) is 20.4 Å². The van der Waals surface area contributed by atoms with Gasteiger partial charge in [0.1, 0.15) is 11.7 Å². The first-order chi connectivity index (χ1) is 18.8. The molecule has 3 aromatic rings. The normalized spacial score (nSPS) is 21.3. The van der Waals surface area contributed by atoms with Crippen LogP contribution >= 0.6 is 22.9 Å². The van der Waals surface area contributed by atoms with Crippen molar-refractivity contribution in [3.05, 3.63) is 80.2 Å². The number of benzene rings is 1. The molecular weight excluding hydrogens is 552 g/mol. The van der Waals surface area contributed by atoms with Gasteiger partial charge in [-0.15, -0.1) is 11.3 Å². The molecule has 9 nitrogen and oxygen atoms in total. The predicted octanol–water partition coefficient (Wildman–Crippen LogP) is 5.31. The van der Waals surface area contributed by atoms with E-state index < -0.39 is 34.6 Å². The van der Waals surface area contributed by atoms with E-state index >= 15 is 0 Å². The lowest BCUT2D eigenvalue weighted by Gasteiger charge is -2.35. The van der Waals surface area contributed by atoms with Crippen LogP contribution in [0.3, 0.4) is 0 Å². The van der Waals surface area contributed by atoms with Crippen LogP contribution < -0.4 is 5.32 Å². The van der Waals surface area contributed by atoms with Gasteiger partial charge in [0.05, 0.1) is 23.2 Å². The summed E-state index contributed by atoms with van der Waals surface area (Å²) in [7, 11) is 0. The standard InChI is InChI=1S/C26H24ClF2N5O4S/c1-2-38-26(37)18-21(13-3-5-14(6-4-13)34-17(25(35)36)9-10-31-34)32-23(24-30-11-12-39-24)33-22(18)15-7-8-16(28)20(29)19(15)27/h7-14,22H,2-6H2,1H3,(H,32,33)(H,35,36). The number of aromatic nitrogens is 3. The lowest BCUT2D eigenvalue weighted by Crippen LogP contribution is -2.38. The summed E-state index contributed by atoms with van der Waals surface area (Å²) in [6.07, 6.45) is 5.48. The number of amidine groups is 1. The Hall–Kier alpha value is -3.64. The monoisotopic (exact) mass is 575 g/mol. The van der Waals surface area contributed by atoms with Gasteiger partial charge in [-0.1, -0.05) is 17.7 Å². The third-order valence-corrected chi connectivity index (χ3v) is 8.07. The van der Waals surface area contributed by atoms with Gasteiger partial charge in [-0.05, 0) is 50.7 Å². The number of allylic oxidation sites excluding steroid dienone is 1. The van der Waals surface area contributed by atoms with Gasteiger partial charge in [0.15, 0.2) is 22.5 Å². The molecule has 1 fully saturated rings. The Morgan fingerprint density at radius 2 is 1.97 bits per heavy atom. The van der Waals surface area contributed by atoms with E-state index in [9.17, 15) is 23.5 Å². The van der Waals surface area contributed by atoms with Crippen LogP contribution in [0.25, 0.3) is 0 Å². The summed E-state index contributed by atoms with van der Waals surface area (Å²) < 4.78 is 35.4. The summed E-state index contributed by atoms with van der Waals surface area (Å²) in [5.74, 6) is -3.82. The number of aromatic carboxylic acids is 1. The van der Waals surface area contributed by atoms with E-state index in [-0.39, 0.29) is 35.4 Å². The number of carboxylic acids is 1. The zero-order valence-electron chi connectivity index (χ0n) is 20.7. The maximum Gasteiger partial charge on any atom is 0.354 e. The second-order valence-electron chi connectivity index (χ2n) is 9.13. The molecule has 2 aromatic heterocycles. The first-order valence-electron chi connectivity index (χ1n) is 12.4. The zero-order chi connectivity index (χ0) is 27.7. The quantitative estimate of drug-likeness (QED) is 0.289. The fourth-order valence-electron chi connectivity index (χ4n) is 5.13. The molecule has 0 amide bonds. The molecule has 5 rings (SSSR count). The molecule has 1 aliphatic heterocycles. The lowest BCUT2D eigenvalue weighted by atomic mass is 9.80. The highest BCUT2D eigenvalue weighted by Gasteiger charge is 2.39. The zero-order valence-corrected chi connectivity index (χ0v) is 22.3. The van der Waals surface area contributed by atoms with Crippen LogP contribution in [0.2, 0.25) is 5.02 Å². The van der Waals surface area contributed by atoms with Crippen LogP contribution in [0.1, 0.15) is 65.8 Å². The number of carbonyl (C=O) groups is 2. The summed E-state index contributed by atoms with van der Waals surface area (Å²) in [5.41, 5.74) is 0.963. The van der Waals surface area contributed by atoms with E-state index in [0.717, 1.165) is 6.07 Å². The molecule has 2 aliphatic rings. The van der Waals surface area contributed by atoms with E-state index in [1.165, 1.54) is 34.3 Å². The van der Waals surface area contributed by atoms with Crippen molar-refractivity contribution in [3.63, 3.8) is 0 Å². The lowest BCUT2D eigenvalue weighted by molar-refractivity contribution is -0.139. The molecule has 1 saturated carbocycles. The molecule has 3 heterocycles. The number of rotatable bonds is 7. The summed E-state index contributed by atoms with van der Waals surface area (Å²) in [5, 5.41) is 18.9. The van der Waals surface area contributed by atoms with Crippen LogP contribution in [0.4, 0.5) is 8.78 Å². The van der Waals surface area contributed by atoms with Crippen molar-refractivity contribution in [2.45, 2.75) is 44.7 Å². The Morgan fingerprint density at radius 1 is 1.21 bits per heavy atom. The molecule has 0 saturated heterocycles. The van der Waals surface area contributed by atoms with E-state index in [0.29, 0.717) is 42.2 Å². The smallest absolute Gasteiger partial charge is 0.354 e. The number of aliphatic imine (C=N–C) groups is 1. The van der Waals surface area contributed by atoms with Gasteiger partial charge >= 0.3 is 11.9 Å². The molecular formula is C26H24ClF2N5O4S. The van der Waals surface area contributed by atoms with Crippen molar-refractivity contribution in [1.29, 1.82) is 0 Å². The second-order valence-corrected chi connectivity index (χ2v) is 10.4. The predicted molar refractivity (Wildman–Crippen MR) is 140 cm³/mol. The topological polar surface area (TPSA) is 119 Å². The first-order valence-corrected chi connectivity index (χ1v) is 13.6. The maximum atomic E-state index is 14.5. The highest BCUT2D eigenvalue weighted by atomic mass is 35.5. The minimum atomic E-state index is -1.22. The molecule has 39 heavy (non-hydrogen) atoms. The molecule has 204 valence electrons. The molecule has 2 N–H and O–H groups in total. The number of ether oxygens (including phenoxy) is 1. The van der Waals surface area contributed by atoms with Crippen molar-refractivity contribution in [1.82, 2.24) is 20.1 Å². The number of thiazole rings is 1. The average Bonchev–Trinajstić information content (AvgIpc) is 3.65. The minimum absolute atomic E-state index is 0.0981. The minimum Gasteiger partial charge on any atom is -0.477 e. The largest absolute Gasteiger partial charge is 0.477 e. The van der Waals surface area contributed by atoms with Crippen molar-refractivity contribution in [2.75, 3.05) is 6.61 Å². The molecule has 1 unspecified atom stereocenters. The van der Waals surface area contributed by atoms with Gasteiger partial charge in [-0.2, -0.15) is 5.10 Å². The highest BCUT2D eigenvalue weighted by Crippen LogP contribution is 2.43. The molecule has 1 aromatic carbocycles. The Balaban J connectivity index is 1.56. The summed E-state index contributed by atoms with van der Waals surface area (Å²) >= 11 is 7.58. The fourth-order valence-corrected chi connectivity index (χ4v) is 5.97. The summed E-state index contributed by atoms with van der Waals surface area (Å²) in [6.45, 7) is 1.77. The van der Waals surface area contributed by atoms with Crippen molar-refractivity contribution >= 4 is 40.7 Å². The van der Waals surface area contributed by atoms with Crippen LogP contribution in [0.15, 0.2) is 52.2 Å². The van der Waals surface area contributed by atoms with Crippen LogP contribution in [-0.4, -0.2) is 44.3 Å². The SMILES string of the molecule is CCOC(=O)C1=C(C2CCC(n3nccc3C(=O)O)CC2)NC(c2nccs2)=NC1c1ccc(F)c(F)c1Cl. The van der Waals surface area contributed by atoms with E-state index in [1.54, 1.807) is 18.5 Å². The van der Waals surface area contributed by atoms with Crippen LogP contribution in [0.5, 0.6) is 0 Å². The third-order valence-electron chi connectivity index (χ3n) is 6.90. The van der Waals surface area contributed by atoms with Gasteiger partial charge in [0.2, 0.25) is 0 Å². The number of hydrogen-bond donors (Lipinski definition) is 2. The van der Waals surface area contributed by atoms with Gasteiger partial charge < -0.3 is 15.2 Å². The second kappa shape index (κ2) is 11.2. The number of hydrogen-bond acceptors (Lipinski definition) is 8. The Bertz CT molecular complexity index is 1460. The van der Waals surface area contributed by atoms with Gasteiger partial charge in [-0.3, -0.25) is 9.67 Å². The Kier molecular flexibility index (Phi) is 7.76. The van der Waals surface area contributed by atoms with E-state index in [4.69, 9.17) is 16.3 Å². The number of nitrogens with zero attached hydrogens (tertiary/aromatic N) is 4. The molecule has 1 aliphatic carbocycles. The third kappa shape index (κ3) is 5.18. The average molecular weight is 576 g/mol. The maximum absolute atomic E-state index is 14.5. The van der Waals surface area contributed by atoms with Crippen molar-refractivity contribution in [3.8, 4) is 0 Å². The number of carboxylic acid groups (broad SMARTS) is 1. The molecule has 1 atom stereocenters. The van der Waals surface area contributed by atoms with Gasteiger partial charge in [0, 0.05) is 29.0 Å². The first kappa shape index (κ1) is 26.9. The van der Waals surface area contributed by atoms with Crippen molar-refractivity contribution < 1.29 is 28.2 Å². The number of halogens is 3. The van der Waals surface area contributed by atoms with Gasteiger partial charge in [-0.25, -0.2) is 23.4 Å². The molecule has 0 radical (unpaired) electrons.